The maximum atomic E-state index is 13.3. The highest BCUT2D eigenvalue weighted by molar-refractivity contribution is 6.07. The van der Waals surface area contributed by atoms with E-state index in [0.717, 1.165) is 6.26 Å². The van der Waals surface area contributed by atoms with Crippen molar-refractivity contribution >= 4 is 16.8 Å². The molecule has 2 heterocycles. The molecule has 0 saturated heterocycles. The number of hydrogen-bond acceptors (Lipinski definition) is 4. The Labute approximate surface area is 127 Å². The second-order valence-electron chi connectivity index (χ2n) is 4.90. The van der Waals surface area contributed by atoms with Crippen molar-refractivity contribution in [1.29, 1.82) is 0 Å². The quantitative estimate of drug-likeness (QED) is 0.413. The van der Waals surface area contributed by atoms with Gasteiger partial charge in [-0.1, -0.05) is 6.07 Å². The zero-order valence-electron chi connectivity index (χ0n) is 11.7. The molecule has 3 rings (SSSR count). The molecule has 0 N–H and O–H groups in total. The van der Waals surface area contributed by atoms with Crippen LogP contribution in [0.4, 0.5) is 13.2 Å². The van der Waals surface area contributed by atoms with Crippen molar-refractivity contribution in [3.05, 3.63) is 64.5 Å². The van der Waals surface area contributed by atoms with E-state index in [1.165, 1.54) is 30.3 Å². The van der Waals surface area contributed by atoms with Gasteiger partial charge in [-0.15, -0.1) is 0 Å². The average Bonchev–Trinajstić information content (AvgIpc) is 2.98. The van der Waals surface area contributed by atoms with Gasteiger partial charge in [0, 0.05) is 6.07 Å². The van der Waals surface area contributed by atoms with Crippen molar-refractivity contribution < 1.29 is 27.1 Å². The minimum absolute atomic E-state index is 0.00269. The molecule has 0 amide bonds. The van der Waals surface area contributed by atoms with Crippen LogP contribution in [0.5, 0.6) is 0 Å². The summed E-state index contributed by atoms with van der Waals surface area (Å²) in [5.41, 5.74) is -2.21. The van der Waals surface area contributed by atoms with Crippen LogP contribution >= 0.6 is 0 Å². The first-order valence-corrected chi connectivity index (χ1v) is 6.48. The second kappa shape index (κ2) is 5.08. The van der Waals surface area contributed by atoms with Gasteiger partial charge in [0.1, 0.15) is 5.52 Å². The highest BCUT2D eigenvalue weighted by Gasteiger charge is 2.47. The number of alkyl halides is 3. The number of carbonyl (C=O) groups is 1. The fourth-order valence-electron chi connectivity index (χ4n) is 2.22. The van der Waals surface area contributed by atoms with Crippen molar-refractivity contribution in [1.82, 2.24) is 4.98 Å². The SMILES string of the molecule is Cc1ccc2c(c1)nc(C(=O)c1ccco1)c(C(F)(F)F)[n+]2[O-]. The lowest BCUT2D eigenvalue weighted by molar-refractivity contribution is -0.603. The van der Waals surface area contributed by atoms with E-state index in [0.29, 0.717) is 5.56 Å². The molecule has 118 valence electrons. The number of hydrogen-bond donors (Lipinski definition) is 0. The van der Waals surface area contributed by atoms with Crippen molar-refractivity contribution in [2.24, 2.45) is 0 Å². The molecule has 0 spiro atoms. The van der Waals surface area contributed by atoms with Crippen LogP contribution in [0, 0.1) is 12.1 Å². The van der Waals surface area contributed by atoms with Crippen LogP contribution < -0.4 is 4.73 Å². The fourth-order valence-corrected chi connectivity index (χ4v) is 2.22. The summed E-state index contributed by atoms with van der Waals surface area (Å²) in [6.45, 7) is 1.70. The number of ketones is 1. The molecule has 0 aliphatic carbocycles. The molecule has 0 bridgehead atoms. The predicted molar refractivity (Wildman–Crippen MR) is 72.6 cm³/mol. The van der Waals surface area contributed by atoms with E-state index < -0.39 is 23.3 Å². The number of benzene rings is 1. The summed E-state index contributed by atoms with van der Waals surface area (Å²) in [5, 5.41) is 12.2. The summed E-state index contributed by atoms with van der Waals surface area (Å²) < 4.78 is 44.3. The van der Waals surface area contributed by atoms with Gasteiger partial charge in [-0.2, -0.15) is 17.9 Å². The van der Waals surface area contributed by atoms with Gasteiger partial charge in [-0.05, 0) is 30.7 Å². The molecule has 0 saturated carbocycles. The topological polar surface area (TPSA) is 70.0 Å². The number of rotatable bonds is 2. The van der Waals surface area contributed by atoms with Crippen molar-refractivity contribution in [2.75, 3.05) is 0 Å². The first-order valence-electron chi connectivity index (χ1n) is 6.48. The van der Waals surface area contributed by atoms with Gasteiger partial charge < -0.3 is 9.62 Å². The number of nitrogens with zero attached hydrogens (tertiary/aromatic N) is 2. The minimum atomic E-state index is -5.04. The van der Waals surface area contributed by atoms with Crippen LogP contribution in [0.1, 0.15) is 27.5 Å². The molecule has 3 aromatic rings. The number of halogens is 3. The monoisotopic (exact) mass is 322 g/mol. The first-order chi connectivity index (χ1) is 10.8. The van der Waals surface area contributed by atoms with Gasteiger partial charge in [0.15, 0.2) is 11.5 Å². The standard InChI is InChI=1S/C15H9F3N2O3/c1-8-4-5-10-9(7-8)19-12(13(21)11-3-2-6-23-11)14(20(10)22)15(16,17)18/h2-7H,1H3. The Balaban J connectivity index is 2.36. The average molecular weight is 322 g/mol. The summed E-state index contributed by atoms with van der Waals surface area (Å²) in [5.74, 6) is -1.43. The predicted octanol–water partition coefficient (Wildman–Crippen LogP) is 3.02. The van der Waals surface area contributed by atoms with E-state index in [2.05, 4.69) is 4.98 Å². The molecule has 0 aliphatic heterocycles. The Hall–Kier alpha value is -2.90. The first kappa shape index (κ1) is 15.0. The fraction of sp³-hybridized carbons (Fsp3) is 0.133. The summed E-state index contributed by atoms with van der Waals surface area (Å²) in [7, 11) is 0. The second-order valence-corrected chi connectivity index (χ2v) is 4.90. The molecule has 1 aromatic carbocycles. The molecule has 2 aromatic heterocycles. The zero-order chi connectivity index (χ0) is 16.8. The van der Waals surface area contributed by atoms with E-state index in [1.807, 2.05) is 0 Å². The van der Waals surface area contributed by atoms with E-state index in [4.69, 9.17) is 4.42 Å². The maximum Gasteiger partial charge on any atom is 0.481 e. The third-order valence-corrected chi connectivity index (χ3v) is 3.24. The van der Waals surface area contributed by atoms with E-state index >= 15 is 0 Å². The lowest BCUT2D eigenvalue weighted by Gasteiger charge is -2.12. The van der Waals surface area contributed by atoms with Crippen molar-refractivity contribution in [2.45, 2.75) is 13.1 Å². The molecule has 0 aliphatic rings. The molecule has 0 atom stereocenters. The van der Waals surface area contributed by atoms with Crippen molar-refractivity contribution in [3.8, 4) is 0 Å². The van der Waals surface area contributed by atoms with Crippen molar-refractivity contribution in [3.63, 3.8) is 0 Å². The Morgan fingerprint density at radius 1 is 1.30 bits per heavy atom. The third-order valence-electron chi connectivity index (χ3n) is 3.24. The Morgan fingerprint density at radius 3 is 2.65 bits per heavy atom. The largest absolute Gasteiger partial charge is 0.618 e. The summed E-state index contributed by atoms with van der Waals surface area (Å²) >= 11 is 0. The summed E-state index contributed by atoms with van der Waals surface area (Å²) in [6.07, 6.45) is -3.89. The molecule has 0 unspecified atom stereocenters. The molecule has 8 heteroatoms. The number of aromatic nitrogens is 2. The highest BCUT2D eigenvalue weighted by Crippen LogP contribution is 2.31. The lowest BCUT2D eigenvalue weighted by Crippen LogP contribution is -2.41. The molecular formula is C15H9F3N2O3. The van der Waals surface area contributed by atoms with Gasteiger partial charge in [0.05, 0.1) is 6.26 Å². The Kier molecular flexibility index (Phi) is 3.32. The number of furan rings is 1. The number of fused-ring (bicyclic) bond motifs is 1. The van der Waals surface area contributed by atoms with E-state index in [9.17, 15) is 23.2 Å². The summed E-state index contributed by atoms with van der Waals surface area (Å²) in [4.78, 5) is 16.0. The van der Waals surface area contributed by atoms with Crippen LogP contribution in [-0.4, -0.2) is 10.8 Å². The molecule has 23 heavy (non-hydrogen) atoms. The number of aryl methyl sites for hydroxylation is 1. The van der Waals surface area contributed by atoms with Gasteiger partial charge >= 0.3 is 11.9 Å². The van der Waals surface area contributed by atoms with Crippen LogP contribution in [-0.2, 0) is 6.18 Å². The molecule has 0 fully saturated rings. The Morgan fingerprint density at radius 2 is 2.04 bits per heavy atom. The normalized spacial score (nSPS) is 11.8. The zero-order valence-corrected chi connectivity index (χ0v) is 11.7. The van der Waals surface area contributed by atoms with Crippen LogP contribution in [0.25, 0.3) is 11.0 Å². The molecule has 5 nitrogen and oxygen atoms in total. The molecule has 0 radical (unpaired) electrons. The van der Waals surface area contributed by atoms with Crippen LogP contribution in [0.3, 0.4) is 0 Å². The lowest BCUT2D eigenvalue weighted by atomic mass is 10.1. The summed E-state index contributed by atoms with van der Waals surface area (Å²) in [6, 6.07) is 6.73. The van der Waals surface area contributed by atoms with Gasteiger partial charge in [0.2, 0.25) is 5.52 Å². The van der Waals surface area contributed by atoms with Crippen LogP contribution in [0.15, 0.2) is 41.0 Å². The molecular weight excluding hydrogens is 313 g/mol. The number of carbonyl (C=O) groups excluding carboxylic acids is 1. The van der Waals surface area contributed by atoms with E-state index in [-0.39, 0.29) is 21.5 Å². The van der Waals surface area contributed by atoms with Gasteiger partial charge in [-0.3, -0.25) is 4.79 Å². The van der Waals surface area contributed by atoms with Gasteiger partial charge in [0.25, 0.3) is 5.78 Å². The Bertz CT molecular complexity index is 902. The van der Waals surface area contributed by atoms with E-state index in [1.54, 1.807) is 6.92 Å². The van der Waals surface area contributed by atoms with Gasteiger partial charge in [-0.25, -0.2) is 4.98 Å². The third kappa shape index (κ3) is 2.52. The smallest absolute Gasteiger partial charge is 0.481 e. The maximum absolute atomic E-state index is 13.3. The minimum Gasteiger partial charge on any atom is -0.618 e. The van der Waals surface area contributed by atoms with Crippen LogP contribution in [0.2, 0.25) is 0 Å². The highest BCUT2D eigenvalue weighted by atomic mass is 19.4.